The van der Waals surface area contributed by atoms with Crippen molar-refractivity contribution in [2.45, 2.75) is 72.3 Å². The fraction of sp³-hybridized carbons (Fsp3) is 0.680. The SMILES string of the molecule is COC(=O)c1sc(C#CC(C)(C)C)cc1N(C(=O)[C@H]1CC[C@H](C)CC1)C1CCNCC1. The van der Waals surface area contributed by atoms with E-state index in [1.165, 1.54) is 18.4 Å². The maximum absolute atomic E-state index is 13.8. The Morgan fingerprint density at radius 1 is 1.13 bits per heavy atom. The molecule has 1 saturated heterocycles. The molecule has 31 heavy (non-hydrogen) atoms. The first-order chi connectivity index (χ1) is 14.7. The van der Waals surface area contributed by atoms with Crippen LogP contribution in [0.3, 0.4) is 0 Å². The summed E-state index contributed by atoms with van der Waals surface area (Å²) in [6.45, 7) is 10.2. The van der Waals surface area contributed by atoms with Crippen molar-refractivity contribution in [2.75, 3.05) is 25.1 Å². The van der Waals surface area contributed by atoms with Crippen LogP contribution in [-0.2, 0) is 9.53 Å². The first-order valence-corrected chi connectivity index (χ1v) is 12.3. The van der Waals surface area contributed by atoms with Crippen LogP contribution in [0.2, 0.25) is 0 Å². The van der Waals surface area contributed by atoms with Crippen LogP contribution < -0.4 is 10.2 Å². The van der Waals surface area contributed by atoms with E-state index in [9.17, 15) is 9.59 Å². The maximum atomic E-state index is 13.8. The molecule has 2 fully saturated rings. The van der Waals surface area contributed by atoms with E-state index in [4.69, 9.17) is 4.74 Å². The molecule has 3 rings (SSSR count). The van der Waals surface area contributed by atoms with Gasteiger partial charge in [-0.25, -0.2) is 4.79 Å². The van der Waals surface area contributed by atoms with Gasteiger partial charge in [0.25, 0.3) is 0 Å². The summed E-state index contributed by atoms with van der Waals surface area (Å²) in [5, 5.41) is 3.39. The quantitative estimate of drug-likeness (QED) is 0.533. The predicted octanol–water partition coefficient (Wildman–Crippen LogP) is 4.84. The fourth-order valence-electron chi connectivity index (χ4n) is 4.37. The van der Waals surface area contributed by atoms with Crippen LogP contribution in [0.25, 0.3) is 0 Å². The Kier molecular flexibility index (Phi) is 7.82. The van der Waals surface area contributed by atoms with Gasteiger partial charge in [-0.2, -0.15) is 0 Å². The van der Waals surface area contributed by atoms with Crippen molar-refractivity contribution >= 4 is 28.9 Å². The molecule has 1 aliphatic carbocycles. The average Bonchev–Trinajstić information content (AvgIpc) is 3.16. The van der Waals surface area contributed by atoms with Crippen molar-refractivity contribution in [3.63, 3.8) is 0 Å². The highest BCUT2D eigenvalue weighted by Gasteiger charge is 2.36. The van der Waals surface area contributed by atoms with Gasteiger partial charge in [-0.3, -0.25) is 4.79 Å². The molecule has 1 aromatic rings. The highest BCUT2D eigenvalue weighted by molar-refractivity contribution is 7.15. The molecule has 0 radical (unpaired) electrons. The number of ether oxygens (including phenoxy) is 1. The third-order valence-corrected chi connectivity index (χ3v) is 7.20. The zero-order valence-corrected chi connectivity index (χ0v) is 20.4. The second kappa shape index (κ2) is 10.2. The molecule has 1 saturated carbocycles. The minimum Gasteiger partial charge on any atom is -0.465 e. The Balaban J connectivity index is 2.02. The largest absolute Gasteiger partial charge is 0.465 e. The number of anilines is 1. The number of piperidine rings is 1. The number of hydrogen-bond acceptors (Lipinski definition) is 5. The summed E-state index contributed by atoms with van der Waals surface area (Å²) >= 11 is 1.33. The van der Waals surface area contributed by atoms with Gasteiger partial charge in [-0.1, -0.05) is 18.8 Å². The Hall–Kier alpha value is -1.84. The van der Waals surface area contributed by atoms with E-state index in [2.05, 4.69) is 44.9 Å². The molecule has 1 amide bonds. The lowest BCUT2D eigenvalue weighted by Gasteiger charge is -2.38. The van der Waals surface area contributed by atoms with Crippen molar-refractivity contribution < 1.29 is 14.3 Å². The van der Waals surface area contributed by atoms with Crippen molar-refractivity contribution in [3.8, 4) is 11.8 Å². The molecule has 0 spiro atoms. The standard InChI is InChI=1S/C25H36N2O3S/c1-17-6-8-18(9-7-17)23(28)27(19-11-14-26-15-12-19)21-16-20(10-13-25(2,3)4)31-22(21)24(29)30-5/h16-19,26H,6-9,11-12,14-15H2,1-5H3/t17-,18-. The number of nitrogens with one attached hydrogen (secondary N) is 1. The minimum absolute atomic E-state index is 0.0283. The molecule has 170 valence electrons. The molecule has 0 bridgehead atoms. The third-order valence-electron chi connectivity index (χ3n) is 6.18. The summed E-state index contributed by atoms with van der Waals surface area (Å²) in [5.41, 5.74) is 0.546. The van der Waals surface area contributed by atoms with E-state index in [0.29, 0.717) is 16.5 Å². The number of carbonyl (C=O) groups excluding carboxylic acids is 2. The minimum atomic E-state index is -0.396. The van der Waals surface area contributed by atoms with Crippen LogP contribution in [-0.4, -0.2) is 38.1 Å². The first-order valence-electron chi connectivity index (χ1n) is 11.5. The Morgan fingerprint density at radius 2 is 1.77 bits per heavy atom. The van der Waals surface area contributed by atoms with Gasteiger partial charge in [0.2, 0.25) is 5.91 Å². The lowest BCUT2D eigenvalue weighted by atomic mass is 9.82. The molecule has 1 N–H and O–H groups in total. The molecule has 0 aromatic carbocycles. The molecule has 1 aromatic heterocycles. The molecule has 0 atom stereocenters. The zero-order chi connectivity index (χ0) is 22.6. The van der Waals surface area contributed by atoms with Gasteiger partial charge in [0.05, 0.1) is 17.7 Å². The van der Waals surface area contributed by atoms with Crippen LogP contribution >= 0.6 is 11.3 Å². The number of amides is 1. The number of hydrogen-bond donors (Lipinski definition) is 1. The maximum Gasteiger partial charge on any atom is 0.350 e. The number of methoxy groups -OCH3 is 1. The van der Waals surface area contributed by atoms with Crippen LogP contribution in [0.15, 0.2) is 6.07 Å². The zero-order valence-electron chi connectivity index (χ0n) is 19.5. The van der Waals surface area contributed by atoms with Crippen LogP contribution in [0.4, 0.5) is 5.69 Å². The van der Waals surface area contributed by atoms with Crippen molar-refractivity contribution in [2.24, 2.45) is 17.3 Å². The molecule has 0 unspecified atom stereocenters. The number of rotatable bonds is 4. The molecule has 5 nitrogen and oxygen atoms in total. The van der Waals surface area contributed by atoms with Gasteiger partial charge in [0, 0.05) is 17.4 Å². The van der Waals surface area contributed by atoms with Gasteiger partial charge in [-0.05, 0) is 84.4 Å². The van der Waals surface area contributed by atoms with Crippen molar-refractivity contribution in [1.82, 2.24) is 5.32 Å². The van der Waals surface area contributed by atoms with Gasteiger partial charge >= 0.3 is 5.97 Å². The number of carbonyl (C=O) groups is 2. The molecular formula is C25H36N2O3S. The predicted molar refractivity (Wildman–Crippen MR) is 126 cm³/mol. The summed E-state index contributed by atoms with van der Waals surface area (Å²) in [7, 11) is 1.39. The molecule has 1 aliphatic heterocycles. The van der Waals surface area contributed by atoms with Gasteiger partial charge in [-0.15, -0.1) is 11.3 Å². The average molecular weight is 445 g/mol. The van der Waals surface area contributed by atoms with E-state index in [-0.39, 0.29) is 23.3 Å². The highest BCUT2D eigenvalue weighted by atomic mass is 32.1. The first kappa shape index (κ1) is 23.8. The Bertz CT molecular complexity index is 844. The summed E-state index contributed by atoms with van der Waals surface area (Å²) in [4.78, 5) is 29.7. The normalized spacial score (nSPS) is 22.4. The summed E-state index contributed by atoms with van der Waals surface area (Å²) in [5.74, 6) is 6.94. The van der Waals surface area contributed by atoms with Crippen LogP contribution in [0.5, 0.6) is 0 Å². The van der Waals surface area contributed by atoms with Crippen molar-refractivity contribution in [3.05, 3.63) is 15.8 Å². The van der Waals surface area contributed by atoms with Gasteiger partial charge < -0.3 is 15.0 Å². The molecule has 2 heterocycles. The number of nitrogens with zero attached hydrogens (tertiary/aromatic N) is 1. The number of esters is 1. The lowest BCUT2D eigenvalue weighted by Crippen LogP contribution is -2.49. The summed E-state index contributed by atoms with van der Waals surface area (Å²) in [6.07, 6.45) is 5.80. The summed E-state index contributed by atoms with van der Waals surface area (Å²) < 4.78 is 5.09. The topological polar surface area (TPSA) is 58.6 Å². The Morgan fingerprint density at radius 3 is 2.35 bits per heavy atom. The highest BCUT2D eigenvalue weighted by Crippen LogP contribution is 2.37. The van der Waals surface area contributed by atoms with E-state index < -0.39 is 5.97 Å². The van der Waals surface area contributed by atoms with Gasteiger partial charge in [0.1, 0.15) is 4.88 Å². The van der Waals surface area contributed by atoms with Crippen LogP contribution in [0, 0.1) is 29.1 Å². The Labute approximate surface area is 190 Å². The van der Waals surface area contributed by atoms with Crippen LogP contribution in [0.1, 0.15) is 80.8 Å². The van der Waals surface area contributed by atoms with Crippen molar-refractivity contribution in [1.29, 1.82) is 0 Å². The molecule has 6 heteroatoms. The third kappa shape index (κ3) is 6.11. The fourth-order valence-corrected chi connectivity index (χ4v) is 5.30. The van der Waals surface area contributed by atoms with E-state index in [1.807, 2.05) is 11.0 Å². The monoisotopic (exact) mass is 444 g/mol. The molecule has 2 aliphatic rings. The van der Waals surface area contributed by atoms with E-state index in [0.717, 1.165) is 56.5 Å². The van der Waals surface area contributed by atoms with E-state index >= 15 is 0 Å². The number of thiophene rings is 1. The smallest absolute Gasteiger partial charge is 0.350 e. The molecular weight excluding hydrogens is 408 g/mol. The lowest BCUT2D eigenvalue weighted by molar-refractivity contribution is -0.124. The second-order valence-electron chi connectivity index (χ2n) is 9.96. The van der Waals surface area contributed by atoms with Gasteiger partial charge in [0.15, 0.2) is 0 Å². The second-order valence-corrected chi connectivity index (χ2v) is 11.0. The summed E-state index contributed by atoms with van der Waals surface area (Å²) in [6, 6.07) is 2.02. The van der Waals surface area contributed by atoms with E-state index in [1.54, 1.807) is 0 Å².